The molecule has 0 aliphatic rings. The van der Waals surface area contributed by atoms with Gasteiger partial charge in [0.2, 0.25) is 5.91 Å². The Hall–Kier alpha value is -1.90. The quantitative estimate of drug-likeness (QED) is 0.864. The van der Waals surface area contributed by atoms with Crippen LogP contribution in [-0.2, 0) is 4.79 Å². The third-order valence-electron chi connectivity index (χ3n) is 2.48. The summed E-state index contributed by atoms with van der Waals surface area (Å²) in [5, 5.41) is 13.0. The van der Waals surface area contributed by atoms with Crippen molar-refractivity contribution >= 4 is 45.7 Å². The van der Waals surface area contributed by atoms with E-state index in [-0.39, 0.29) is 10.3 Å². The molecule has 0 spiro atoms. The van der Waals surface area contributed by atoms with Crippen LogP contribution in [0.25, 0.3) is 10.8 Å². The first-order chi connectivity index (χ1) is 9.01. The van der Waals surface area contributed by atoms with Crippen LogP contribution in [0.1, 0.15) is 6.92 Å². The van der Waals surface area contributed by atoms with Crippen molar-refractivity contribution in [3.63, 3.8) is 0 Å². The summed E-state index contributed by atoms with van der Waals surface area (Å²) in [6.45, 7) is 1.51. The topological polar surface area (TPSA) is 78.7 Å². The second-order valence-corrected chi connectivity index (χ2v) is 4.61. The molecule has 1 atom stereocenters. The minimum atomic E-state index is -0.748. The molecule has 1 unspecified atom stereocenters. The van der Waals surface area contributed by atoms with Crippen LogP contribution in [0, 0.1) is 17.2 Å². The zero-order valence-corrected chi connectivity index (χ0v) is 11.3. The molecule has 2 aromatic rings. The molecule has 2 aromatic heterocycles. The van der Waals surface area contributed by atoms with Gasteiger partial charge in [-0.2, -0.15) is 5.26 Å². The van der Waals surface area contributed by atoms with Crippen molar-refractivity contribution in [2.45, 2.75) is 6.92 Å². The molecule has 1 amide bonds. The number of aromatic nitrogens is 2. The number of carbonyl (C=O) groups excluding carboxylic acids is 1. The summed E-state index contributed by atoms with van der Waals surface area (Å²) < 4.78 is 0. The van der Waals surface area contributed by atoms with Crippen LogP contribution in [0.15, 0.2) is 18.3 Å². The number of nitriles is 1. The number of hydrogen-bond acceptors (Lipinski definition) is 4. The summed E-state index contributed by atoms with van der Waals surface area (Å²) in [6.07, 6.45) is 1.49. The van der Waals surface area contributed by atoms with Crippen LogP contribution in [-0.4, -0.2) is 15.9 Å². The predicted octanol–water partition coefficient (Wildman–Crippen LogP) is 3.03. The Labute approximate surface area is 119 Å². The van der Waals surface area contributed by atoms with Crippen molar-refractivity contribution in [1.82, 2.24) is 9.97 Å². The van der Waals surface area contributed by atoms with Crippen LogP contribution < -0.4 is 5.32 Å². The minimum Gasteiger partial charge on any atom is -0.310 e. The van der Waals surface area contributed by atoms with Gasteiger partial charge in [-0.3, -0.25) is 4.79 Å². The van der Waals surface area contributed by atoms with Crippen molar-refractivity contribution in [2.24, 2.45) is 5.92 Å². The first-order valence-corrected chi connectivity index (χ1v) is 6.09. The molecule has 0 aliphatic carbocycles. The Balaban J connectivity index is 2.37. The maximum absolute atomic E-state index is 11.6. The van der Waals surface area contributed by atoms with Gasteiger partial charge in [0, 0.05) is 11.6 Å². The molecule has 2 heterocycles. The second-order valence-electron chi connectivity index (χ2n) is 3.87. The number of hydrogen-bond donors (Lipinski definition) is 1. The second kappa shape index (κ2) is 5.39. The van der Waals surface area contributed by atoms with Gasteiger partial charge in [-0.1, -0.05) is 23.2 Å². The van der Waals surface area contributed by atoms with E-state index in [1.807, 2.05) is 6.07 Å². The third-order valence-corrected chi connectivity index (χ3v) is 2.96. The van der Waals surface area contributed by atoms with Crippen molar-refractivity contribution in [3.05, 3.63) is 28.6 Å². The van der Waals surface area contributed by atoms with Crippen molar-refractivity contribution in [2.75, 3.05) is 5.32 Å². The van der Waals surface area contributed by atoms with E-state index < -0.39 is 11.8 Å². The average Bonchev–Trinajstić information content (AvgIpc) is 2.36. The molecule has 2 rings (SSSR count). The monoisotopic (exact) mass is 294 g/mol. The molecule has 0 aromatic carbocycles. The molecule has 0 radical (unpaired) electrons. The van der Waals surface area contributed by atoms with E-state index in [9.17, 15) is 4.79 Å². The number of pyridine rings is 2. The summed E-state index contributed by atoms with van der Waals surface area (Å²) in [7, 11) is 0. The number of rotatable bonds is 2. The van der Waals surface area contributed by atoms with E-state index in [2.05, 4.69) is 15.3 Å². The third kappa shape index (κ3) is 2.92. The van der Waals surface area contributed by atoms with Gasteiger partial charge in [0.25, 0.3) is 0 Å². The fourth-order valence-corrected chi connectivity index (χ4v) is 1.93. The van der Waals surface area contributed by atoms with Crippen LogP contribution >= 0.6 is 23.2 Å². The van der Waals surface area contributed by atoms with Gasteiger partial charge >= 0.3 is 0 Å². The molecule has 0 aliphatic heterocycles. The predicted molar refractivity (Wildman–Crippen MR) is 73.0 cm³/mol. The molecule has 1 N–H and O–H groups in total. The van der Waals surface area contributed by atoms with Gasteiger partial charge in [-0.05, 0) is 24.4 Å². The van der Waals surface area contributed by atoms with Gasteiger partial charge in [-0.15, -0.1) is 0 Å². The first kappa shape index (κ1) is 13.5. The van der Waals surface area contributed by atoms with Gasteiger partial charge in [0.05, 0.1) is 6.07 Å². The number of anilines is 1. The molecule has 96 valence electrons. The maximum atomic E-state index is 11.6. The molecule has 5 nitrogen and oxygen atoms in total. The van der Waals surface area contributed by atoms with E-state index in [0.29, 0.717) is 16.6 Å². The number of nitrogens with one attached hydrogen (secondary N) is 1. The molecule has 0 fully saturated rings. The minimum absolute atomic E-state index is 0.248. The van der Waals surface area contributed by atoms with E-state index in [4.69, 9.17) is 28.5 Å². The lowest BCUT2D eigenvalue weighted by atomic mass is 10.2. The van der Waals surface area contributed by atoms with Crippen molar-refractivity contribution in [1.29, 1.82) is 5.26 Å². The zero-order valence-electron chi connectivity index (χ0n) is 9.82. The normalized spacial score (nSPS) is 11.9. The van der Waals surface area contributed by atoms with Gasteiger partial charge in [-0.25, -0.2) is 9.97 Å². The summed E-state index contributed by atoms with van der Waals surface area (Å²) in [6, 6.07) is 5.09. The summed E-state index contributed by atoms with van der Waals surface area (Å²) in [5.41, 5.74) is 0. The fourth-order valence-electron chi connectivity index (χ4n) is 1.44. The number of halogens is 2. The van der Waals surface area contributed by atoms with E-state index in [0.717, 1.165) is 0 Å². The van der Waals surface area contributed by atoms with Crippen molar-refractivity contribution in [3.8, 4) is 6.07 Å². The summed E-state index contributed by atoms with van der Waals surface area (Å²) in [4.78, 5) is 19.5. The number of amides is 1. The highest BCUT2D eigenvalue weighted by Crippen LogP contribution is 2.25. The number of nitrogens with zero attached hydrogens (tertiary/aromatic N) is 3. The van der Waals surface area contributed by atoms with Crippen LogP contribution in [0.2, 0.25) is 10.3 Å². The SMILES string of the molecule is CC(C#N)C(=O)Nc1cc2cc(Cl)nc(Cl)c2cn1. The highest BCUT2D eigenvalue weighted by Gasteiger charge is 2.13. The molecule has 0 saturated carbocycles. The summed E-state index contributed by atoms with van der Waals surface area (Å²) >= 11 is 11.7. The molecule has 7 heteroatoms. The Morgan fingerprint density at radius 3 is 2.89 bits per heavy atom. The Kier molecular flexibility index (Phi) is 3.84. The zero-order chi connectivity index (χ0) is 14.0. The number of fused-ring (bicyclic) bond motifs is 1. The smallest absolute Gasteiger partial charge is 0.242 e. The van der Waals surface area contributed by atoms with Gasteiger partial charge < -0.3 is 5.32 Å². The highest BCUT2D eigenvalue weighted by molar-refractivity contribution is 6.36. The summed E-state index contributed by atoms with van der Waals surface area (Å²) in [5.74, 6) is -0.833. The lowest BCUT2D eigenvalue weighted by molar-refractivity contribution is -0.117. The van der Waals surface area contributed by atoms with E-state index in [1.165, 1.54) is 13.1 Å². The lowest BCUT2D eigenvalue weighted by Crippen LogP contribution is -2.19. The van der Waals surface area contributed by atoms with Crippen LogP contribution in [0.3, 0.4) is 0 Å². The highest BCUT2D eigenvalue weighted by atomic mass is 35.5. The maximum Gasteiger partial charge on any atom is 0.242 e. The molecular weight excluding hydrogens is 287 g/mol. The largest absolute Gasteiger partial charge is 0.310 e. The molecular formula is C12H8Cl2N4O. The Morgan fingerprint density at radius 2 is 2.21 bits per heavy atom. The standard InChI is InChI=1S/C12H8Cl2N4O/c1-6(4-15)12(19)18-10-3-7-2-9(13)17-11(14)8(7)5-16-10/h2-3,5-6H,1H3,(H,16,18,19). The first-order valence-electron chi connectivity index (χ1n) is 5.33. The molecule has 0 bridgehead atoms. The van der Waals surface area contributed by atoms with Crippen molar-refractivity contribution < 1.29 is 4.79 Å². The fraction of sp³-hybridized carbons (Fsp3) is 0.167. The lowest BCUT2D eigenvalue weighted by Gasteiger charge is -2.07. The van der Waals surface area contributed by atoms with E-state index in [1.54, 1.807) is 12.1 Å². The average molecular weight is 295 g/mol. The van der Waals surface area contributed by atoms with E-state index >= 15 is 0 Å². The number of carbonyl (C=O) groups is 1. The van der Waals surface area contributed by atoms with Crippen LogP contribution in [0.5, 0.6) is 0 Å². The Morgan fingerprint density at radius 1 is 1.47 bits per heavy atom. The van der Waals surface area contributed by atoms with Gasteiger partial charge in [0.1, 0.15) is 22.0 Å². The molecule has 19 heavy (non-hydrogen) atoms. The Bertz CT molecular complexity index is 696. The van der Waals surface area contributed by atoms with Crippen LogP contribution in [0.4, 0.5) is 5.82 Å². The molecule has 0 saturated heterocycles. The van der Waals surface area contributed by atoms with Gasteiger partial charge in [0.15, 0.2) is 0 Å².